The van der Waals surface area contributed by atoms with Gasteiger partial charge in [-0.2, -0.15) is 0 Å². The van der Waals surface area contributed by atoms with E-state index in [2.05, 4.69) is 20.6 Å². The number of hydrogen-bond acceptors (Lipinski definition) is 6. The van der Waals surface area contributed by atoms with E-state index in [4.69, 9.17) is 9.47 Å². The van der Waals surface area contributed by atoms with E-state index in [-0.39, 0.29) is 5.91 Å². The number of nitrogens with zero attached hydrogens (tertiary/aromatic N) is 2. The van der Waals surface area contributed by atoms with Crippen molar-refractivity contribution in [3.8, 4) is 11.5 Å². The summed E-state index contributed by atoms with van der Waals surface area (Å²) >= 11 is 0. The summed E-state index contributed by atoms with van der Waals surface area (Å²) in [5.41, 5.74) is 0.707. The zero-order valence-corrected chi connectivity index (χ0v) is 13.8. The minimum atomic E-state index is -0.482. The van der Waals surface area contributed by atoms with Gasteiger partial charge in [0, 0.05) is 50.0 Å². The highest BCUT2D eigenvalue weighted by Gasteiger charge is 2.44. The van der Waals surface area contributed by atoms with Crippen LogP contribution in [-0.4, -0.2) is 28.2 Å². The topological polar surface area (TPSA) is 85.4 Å². The summed E-state index contributed by atoms with van der Waals surface area (Å²) < 4.78 is 12.0. The lowest BCUT2D eigenvalue weighted by Gasteiger charge is -2.21. The van der Waals surface area contributed by atoms with Gasteiger partial charge >= 0.3 is 0 Å². The molecule has 1 spiro atoms. The van der Waals surface area contributed by atoms with Gasteiger partial charge < -0.3 is 20.1 Å². The first-order valence-corrected chi connectivity index (χ1v) is 8.55. The first-order valence-electron chi connectivity index (χ1n) is 8.55. The standard InChI is InChI=1S/C18H20N4O3/c23-16(6-11-21-17-19-9-3-10-20-17)22-13-4-5-14-15(12-13)25-18(24-14)7-1-2-8-18/h3-5,9-10,12H,1-2,6-8,11H2,(H,22,23)(H,19,20,21). The summed E-state index contributed by atoms with van der Waals surface area (Å²) in [6.45, 7) is 0.462. The average Bonchev–Trinajstić information content (AvgIpc) is 3.21. The van der Waals surface area contributed by atoms with E-state index in [1.165, 1.54) is 0 Å². The maximum atomic E-state index is 12.1. The van der Waals surface area contributed by atoms with Gasteiger partial charge in [0.2, 0.25) is 11.9 Å². The lowest BCUT2D eigenvalue weighted by Crippen LogP contribution is -2.34. The van der Waals surface area contributed by atoms with Crippen molar-refractivity contribution in [3.05, 3.63) is 36.7 Å². The van der Waals surface area contributed by atoms with Crippen LogP contribution in [0.15, 0.2) is 36.7 Å². The van der Waals surface area contributed by atoms with Crippen molar-refractivity contribution in [1.82, 2.24) is 9.97 Å². The maximum absolute atomic E-state index is 12.1. The number of amides is 1. The molecule has 1 aliphatic carbocycles. The summed E-state index contributed by atoms with van der Waals surface area (Å²) in [5, 5.41) is 5.89. The molecule has 2 aliphatic rings. The minimum absolute atomic E-state index is 0.0853. The number of benzene rings is 1. The van der Waals surface area contributed by atoms with Crippen LogP contribution in [0.2, 0.25) is 0 Å². The summed E-state index contributed by atoms with van der Waals surface area (Å²) in [5.74, 6) is 1.40. The van der Waals surface area contributed by atoms with Crippen molar-refractivity contribution in [3.63, 3.8) is 0 Å². The van der Waals surface area contributed by atoms with Gasteiger partial charge in [-0.15, -0.1) is 0 Å². The zero-order chi connectivity index (χ0) is 17.1. The number of carbonyl (C=O) groups excluding carboxylic acids is 1. The van der Waals surface area contributed by atoms with E-state index in [1.54, 1.807) is 18.5 Å². The van der Waals surface area contributed by atoms with Crippen molar-refractivity contribution < 1.29 is 14.3 Å². The fourth-order valence-electron chi connectivity index (χ4n) is 3.19. The van der Waals surface area contributed by atoms with Crippen LogP contribution in [-0.2, 0) is 4.79 Å². The van der Waals surface area contributed by atoms with E-state index < -0.39 is 5.79 Å². The number of hydrogen-bond donors (Lipinski definition) is 2. The number of nitrogens with one attached hydrogen (secondary N) is 2. The molecule has 0 unspecified atom stereocenters. The Morgan fingerprint density at radius 2 is 1.88 bits per heavy atom. The van der Waals surface area contributed by atoms with Gasteiger partial charge in [0.1, 0.15) is 0 Å². The molecule has 1 saturated carbocycles. The smallest absolute Gasteiger partial charge is 0.251 e. The molecule has 1 aliphatic heterocycles. The van der Waals surface area contributed by atoms with E-state index >= 15 is 0 Å². The molecule has 2 N–H and O–H groups in total. The van der Waals surface area contributed by atoms with Gasteiger partial charge in [-0.25, -0.2) is 9.97 Å². The van der Waals surface area contributed by atoms with E-state index in [0.29, 0.717) is 30.4 Å². The Hall–Kier alpha value is -2.83. The minimum Gasteiger partial charge on any atom is -0.448 e. The predicted octanol–water partition coefficient (Wildman–Crippen LogP) is 2.96. The molecule has 2 heterocycles. The monoisotopic (exact) mass is 340 g/mol. The molecule has 7 heteroatoms. The highest BCUT2D eigenvalue weighted by atomic mass is 16.7. The van der Waals surface area contributed by atoms with Crippen molar-refractivity contribution in [2.45, 2.75) is 37.9 Å². The molecule has 130 valence electrons. The SMILES string of the molecule is O=C(CCNc1ncccn1)Nc1ccc2c(c1)OC1(CCCC1)O2. The van der Waals surface area contributed by atoms with Gasteiger partial charge in [0.25, 0.3) is 5.79 Å². The Labute approximate surface area is 145 Å². The Bertz CT molecular complexity index is 760. The van der Waals surface area contributed by atoms with Crippen LogP contribution in [0.3, 0.4) is 0 Å². The average molecular weight is 340 g/mol. The third kappa shape index (κ3) is 3.50. The van der Waals surface area contributed by atoms with Crippen LogP contribution in [0.5, 0.6) is 11.5 Å². The molecule has 1 amide bonds. The fraction of sp³-hybridized carbons (Fsp3) is 0.389. The maximum Gasteiger partial charge on any atom is 0.251 e. The molecule has 2 aromatic rings. The Morgan fingerprint density at radius 3 is 2.68 bits per heavy atom. The van der Waals surface area contributed by atoms with Crippen molar-refractivity contribution in [2.24, 2.45) is 0 Å². The van der Waals surface area contributed by atoms with Crippen LogP contribution in [0, 0.1) is 0 Å². The van der Waals surface area contributed by atoms with Gasteiger partial charge in [0.05, 0.1) is 0 Å². The van der Waals surface area contributed by atoms with Gasteiger partial charge in [-0.3, -0.25) is 4.79 Å². The first kappa shape index (κ1) is 15.7. The van der Waals surface area contributed by atoms with Crippen molar-refractivity contribution >= 4 is 17.5 Å². The number of carbonyl (C=O) groups is 1. The quantitative estimate of drug-likeness (QED) is 0.870. The normalized spacial score (nSPS) is 16.8. The second-order valence-corrected chi connectivity index (χ2v) is 6.28. The van der Waals surface area contributed by atoms with E-state index in [9.17, 15) is 4.79 Å². The van der Waals surface area contributed by atoms with E-state index in [0.717, 1.165) is 31.4 Å². The van der Waals surface area contributed by atoms with E-state index in [1.807, 2.05) is 18.2 Å². The van der Waals surface area contributed by atoms with Crippen molar-refractivity contribution in [1.29, 1.82) is 0 Å². The predicted molar refractivity (Wildman–Crippen MR) is 92.7 cm³/mol. The lowest BCUT2D eigenvalue weighted by atomic mass is 10.2. The Morgan fingerprint density at radius 1 is 1.12 bits per heavy atom. The Balaban J connectivity index is 1.31. The van der Waals surface area contributed by atoms with Gasteiger partial charge in [0.15, 0.2) is 11.5 Å². The van der Waals surface area contributed by atoms with Gasteiger partial charge in [-0.05, 0) is 31.0 Å². The highest BCUT2D eigenvalue weighted by molar-refractivity contribution is 5.91. The molecular formula is C18H20N4O3. The summed E-state index contributed by atoms with van der Waals surface area (Å²) in [6.07, 6.45) is 7.69. The molecule has 1 fully saturated rings. The second kappa shape index (κ2) is 6.58. The third-order valence-corrected chi connectivity index (χ3v) is 4.39. The largest absolute Gasteiger partial charge is 0.448 e. The molecule has 0 radical (unpaired) electrons. The molecule has 25 heavy (non-hydrogen) atoms. The number of ether oxygens (including phenoxy) is 2. The number of aromatic nitrogens is 2. The van der Waals surface area contributed by atoms with Crippen LogP contribution in [0.4, 0.5) is 11.6 Å². The second-order valence-electron chi connectivity index (χ2n) is 6.28. The number of rotatable bonds is 5. The number of fused-ring (bicyclic) bond motifs is 1. The summed E-state index contributed by atoms with van der Waals surface area (Å²) in [6, 6.07) is 7.26. The van der Waals surface area contributed by atoms with Gasteiger partial charge in [-0.1, -0.05) is 0 Å². The summed E-state index contributed by atoms with van der Waals surface area (Å²) in [4.78, 5) is 20.2. The van der Waals surface area contributed by atoms with Crippen molar-refractivity contribution in [2.75, 3.05) is 17.2 Å². The molecule has 7 nitrogen and oxygen atoms in total. The Kier molecular flexibility index (Phi) is 4.13. The zero-order valence-electron chi connectivity index (χ0n) is 13.8. The molecule has 4 rings (SSSR count). The third-order valence-electron chi connectivity index (χ3n) is 4.39. The lowest BCUT2D eigenvalue weighted by molar-refractivity contribution is -0.115. The van der Waals surface area contributed by atoms with Crippen LogP contribution in [0.25, 0.3) is 0 Å². The molecule has 1 aromatic heterocycles. The highest BCUT2D eigenvalue weighted by Crippen LogP contribution is 2.47. The molecule has 0 bridgehead atoms. The fourth-order valence-corrected chi connectivity index (χ4v) is 3.19. The molecule has 0 saturated heterocycles. The molecule has 1 aromatic carbocycles. The molecule has 0 atom stereocenters. The van der Waals surface area contributed by atoms with Crippen LogP contribution in [0.1, 0.15) is 32.1 Å². The number of anilines is 2. The van der Waals surface area contributed by atoms with Crippen LogP contribution >= 0.6 is 0 Å². The van der Waals surface area contributed by atoms with Crippen LogP contribution < -0.4 is 20.1 Å². The summed E-state index contributed by atoms with van der Waals surface area (Å²) in [7, 11) is 0. The first-order chi connectivity index (χ1) is 12.2. The molecular weight excluding hydrogens is 320 g/mol.